The zero-order valence-corrected chi connectivity index (χ0v) is 21.1. The molecule has 3 aromatic rings. The molecule has 5 rings (SSSR count). The van der Waals surface area contributed by atoms with E-state index < -0.39 is 6.04 Å². The number of imide groups is 1. The zero-order chi connectivity index (χ0) is 24.5. The Labute approximate surface area is 209 Å². The molecule has 3 amide bonds. The first kappa shape index (κ1) is 23.7. The molecule has 1 aromatic heterocycles. The Morgan fingerprint density at radius 3 is 2.66 bits per heavy atom. The standard InChI is InChI=1S/C28H31N3O3S/c1-3-30(4-2)16-18-8-9-20-15-21(35-25(20)14-18)11-10-19-6-5-7-22-23(19)17-31(28(22)34)24-12-13-26(32)29-27(24)33/h5-9,14-15,24H,3-4,10-13,16-17H2,1-2H3,(H,29,32,33). The van der Waals surface area contributed by atoms with Gasteiger partial charge >= 0.3 is 0 Å². The second-order valence-electron chi connectivity index (χ2n) is 9.39. The van der Waals surface area contributed by atoms with Crippen LogP contribution < -0.4 is 5.32 Å². The van der Waals surface area contributed by atoms with Crippen LogP contribution in [0.4, 0.5) is 0 Å². The van der Waals surface area contributed by atoms with Crippen molar-refractivity contribution in [2.75, 3.05) is 13.1 Å². The lowest BCUT2D eigenvalue weighted by molar-refractivity contribution is -0.136. The largest absolute Gasteiger partial charge is 0.322 e. The van der Waals surface area contributed by atoms with E-state index in [9.17, 15) is 14.4 Å². The third kappa shape index (κ3) is 4.75. The summed E-state index contributed by atoms with van der Waals surface area (Å²) in [5, 5.41) is 3.66. The third-order valence-corrected chi connectivity index (χ3v) is 8.41. The Morgan fingerprint density at radius 1 is 1.06 bits per heavy atom. The van der Waals surface area contributed by atoms with Crippen molar-refractivity contribution in [3.8, 4) is 0 Å². The molecule has 7 heteroatoms. The van der Waals surface area contributed by atoms with Gasteiger partial charge < -0.3 is 4.90 Å². The number of nitrogens with one attached hydrogen (secondary N) is 1. The van der Waals surface area contributed by atoms with Crippen molar-refractivity contribution >= 4 is 39.1 Å². The van der Waals surface area contributed by atoms with Crippen molar-refractivity contribution in [1.82, 2.24) is 15.1 Å². The van der Waals surface area contributed by atoms with Gasteiger partial charge in [0, 0.05) is 34.7 Å². The minimum absolute atomic E-state index is 0.112. The molecular weight excluding hydrogens is 458 g/mol. The molecule has 0 radical (unpaired) electrons. The molecule has 1 fully saturated rings. The summed E-state index contributed by atoms with van der Waals surface area (Å²) in [5.74, 6) is -0.742. The molecule has 0 saturated carbocycles. The van der Waals surface area contributed by atoms with Gasteiger partial charge in [-0.3, -0.25) is 24.6 Å². The number of nitrogens with zero attached hydrogens (tertiary/aromatic N) is 2. The van der Waals surface area contributed by atoms with E-state index in [1.165, 1.54) is 20.5 Å². The molecule has 1 atom stereocenters. The summed E-state index contributed by atoms with van der Waals surface area (Å²) < 4.78 is 1.32. The lowest BCUT2D eigenvalue weighted by atomic mass is 9.99. The van der Waals surface area contributed by atoms with Crippen LogP contribution in [0.3, 0.4) is 0 Å². The molecule has 6 nitrogen and oxygen atoms in total. The van der Waals surface area contributed by atoms with Crippen LogP contribution in [-0.2, 0) is 35.5 Å². The van der Waals surface area contributed by atoms with Crippen molar-refractivity contribution < 1.29 is 14.4 Å². The first-order chi connectivity index (χ1) is 17.0. The summed E-state index contributed by atoms with van der Waals surface area (Å²) in [6.07, 6.45) is 2.41. The van der Waals surface area contributed by atoms with Gasteiger partial charge in [-0.05, 0) is 72.6 Å². The monoisotopic (exact) mass is 489 g/mol. The van der Waals surface area contributed by atoms with Gasteiger partial charge in [0.15, 0.2) is 0 Å². The zero-order valence-electron chi connectivity index (χ0n) is 20.3. The Kier molecular flexibility index (Phi) is 6.71. The lowest BCUT2D eigenvalue weighted by Crippen LogP contribution is -2.52. The summed E-state index contributed by atoms with van der Waals surface area (Å²) in [6.45, 7) is 7.90. The molecule has 0 aliphatic carbocycles. The van der Waals surface area contributed by atoms with Crippen molar-refractivity contribution in [2.24, 2.45) is 0 Å². The first-order valence-corrected chi connectivity index (χ1v) is 13.3. The van der Waals surface area contributed by atoms with Crippen molar-refractivity contribution in [2.45, 2.75) is 58.7 Å². The fourth-order valence-corrected chi connectivity index (χ4v) is 6.33. The van der Waals surface area contributed by atoms with E-state index in [1.54, 1.807) is 4.90 Å². The number of carbonyl (C=O) groups is 3. The van der Waals surface area contributed by atoms with Crippen LogP contribution in [0.15, 0.2) is 42.5 Å². The second-order valence-corrected chi connectivity index (χ2v) is 10.6. The maximum atomic E-state index is 13.1. The molecule has 2 aliphatic heterocycles. The van der Waals surface area contributed by atoms with Crippen molar-refractivity contribution in [1.29, 1.82) is 0 Å². The summed E-state index contributed by atoms with van der Waals surface area (Å²) >= 11 is 1.85. The Hall–Kier alpha value is -3.03. The highest BCUT2D eigenvalue weighted by Gasteiger charge is 2.39. The van der Waals surface area contributed by atoms with Gasteiger partial charge in [0.05, 0.1) is 0 Å². The van der Waals surface area contributed by atoms with Crippen LogP contribution in [0.5, 0.6) is 0 Å². The van der Waals surface area contributed by atoms with Gasteiger partial charge in [0.2, 0.25) is 11.8 Å². The summed E-state index contributed by atoms with van der Waals surface area (Å²) in [4.78, 5) is 42.4. The minimum Gasteiger partial charge on any atom is -0.322 e. The third-order valence-electron chi connectivity index (χ3n) is 7.26. The van der Waals surface area contributed by atoms with Crippen LogP contribution in [0.1, 0.15) is 58.6 Å². The van der Waals surface area contributed by atoms with Crippen molar-refractivity contribution in [3.63, 3.8) is 0 Å². The van der Waals surface area contributed by atoms with E-state index in [0.29, 0.717) is 18.5 Å². The number of rotatable bonds is 8. The van der Waals surface area contributed by atoms with Crippen molar-refractivity contribution in [3.05, 3.63) is 69.6 Å². The molecule has 182 valence electrons. The second kappa shape index (κ2) is 9.91. The van der Waals surface area contributed by atoms with E-state index in [4.69, 9.17) is 0 Å². The van der Waals surface area contributed by atoms with Crippen LogP contribution in [0, 0.1) is 0 Å². The summed E-state index contributed by atoms with van der Waals surface area (Å²) in [7, 11) is 0. The first-order valence-electron chi connectivity index (χ1n) is 12.5. The molecule has 2 aliphatic rings. The molecule has 1 N–H and O–H groups in total. The molecular formula is C28H31N3O3S. The number of amides is 3. The maximum Gasteiger partial charge on any atom is 0.255 e. The number of fused-ring (bicyclic) bond motifs is 2. The number of hydrogen-bond acceptors (Lipinski definition) is 5. The van der Waals surface area contributed by atoms with Gasteiger partial charge in [0.25, 0.3) is 5.91 Å². The predicted molar refractivity (Wildman–Crippen MR) is 138 cm³/mol. The average molecular weight is 490 g/mol. The Morgan fingerprint density at radius 2 is 1.89 bits per heavy atom. The average Bonchev–Trinajstić information content (AvgIpc) is 3.42. The van der Waals surface area contributed by atoms with Crippen LogP contribution in [0.2, 0.25) is 0 Å². The van der Waals surface area contributed by atoms with Crippen LogP contribution in [0.25, 0.3) is 10.1 Å². The fourth-order valence-electron chi connectivity index (χ4n) is 5.20. The SMILES string of the molecule is CCN(CC)Cc1ccc2cc(CCc3cccc4c3CN(C3CCC(=O)NC3=O)C4=O)sc2c1. The van der Waals surface area contributed by atoms with Crippen LogP contribution in [-0.4, -0.2) is 46.7 Å². The molecule has 35 heavy (non-hydrogen) atoms. The highest BCUT2D eigenvalue weighted by molar-refractivity contribution is 7.19. The normalized spacial score (nSPS) is 18.0. The Balaban J connectivity index is 1.30. The number of hydrogen-bond donors (Lipinski definition) is 1. The van der Waals surface area contributed by atoms with Gasteiger partial charge in [-0.2, -0.15) is 0 Å². The predicted octanol–water partition coefficient (Wildman–Crippen LogP) is 4.29. The van der Waals surface area contributed by atoms with Crippen LogP contribution >= 0.6 is 11.3 Å². The number of benzene rings is 2. The number of thiophene rings is 1. The summed E-state index contributed by atoms with van der Waals surface area (Å²) in [5.41, 5.74) is 4.21. The number of aryl methyl sites for hydroxylation is 2. The number of carbonyl (C=O) groups excluding carboxylic acids is 3. The summed E-state index contributed by atoms with van der Waals surface area (Å²) in [6, 6.07) is 14.4. The quantitative estimate of drug-likeness (QED) is 0.480. The van der Waals surface area contributed by atoms with E-state index in [1.807, 2.05) is 23.5 Å². The molecule has 2 aromatic carbocycles. The highest BCUT2D eigenvalue weighted by Crippen LogP contribution is 2.32. The topological polar surface area (TPSA) is 69.7 Å². The van der Waals surface area contributed by atoms with Gasteiger partial charge in [-0.25, -0.2) is 0 Å². The lowest BCUT2D eigenvalue weighted by Gasteiger charge is -2.29. The van der Waals surface area contributed by atoms with Gasteiger partial charge in [-0.1, -0.05) is 38.1 Å². The Bertz CT molecular complexity index is 1290. The molecule has 1 unspecified atom stereocenters. The maximum absolute atomic E-state index is 13.1. The highest BCUT2D eigenvalue weighted by atomic mass is 32.1. The smallest absolute Gasteiger partial charge is 0.255 e. The van der Waals surface area contributed by atoms with E-state index in [0.717, 1.165) is 43.6 Å². The van der Waals surface area contributed by atoms with E-state index in [-0.39, 0.29) is 24.1 Å². The number of piperidine rings is 1. The van der Waals surface area contributed by atoms with Gasteiger partial charge in [0.1, 0.15) is 6.04 Å². The molecule has 0 spiro atoms. The molecule has 3 heterocycles. The molecule has 0 bridgehead atoms. The van der Waals surface area contributed by atoms with E-state index in [2.05, 4.69) is 54.4 Å². The molecule has 1 saturated heterocycles. The van der Waals surface area contributed by atoms with E-state index >= 15 is 0 Å². The minimum atomic E-state index is -0.575. The van der Waals surface area contributed by atoms with Gasteiger partial charge in [-0.15, -0.1) is 11.3 Å². The fraction of sp³-hybridized carbons (Fsp3) is 0.393.